The van der Waals surface area contributed by atoms with Crippen molar-refractivity contribution in [1.82, 2.24) is 5.32 Å². The van der Waals surface area contributed by atoms with Crippen LogP contribution in [0.1, 0.15) is 16.8 Å². The van der Waals surface area contributed by atoms with Crippen LogP contribution < -0.4 is 10.1 Å². The van der Waals surface area contributed by atoms with Gasteiger partial charge in [0.1, 0.15) is 17.4 Å². The van der Waals surface area contributed by atoms with Crippen molar-refractivity contribution in [3.8, 4) is 16.9 Å². The summed E-state index contributed by atoms with van der Waals surface area (Å²) in [7, 11) is 1.43. The van der Waals surface area contributed by atoms with Gasteiger partial charge in [-0.15, -0.1) is 0 Å². The summed E-state index contributed by atoms with van der Waals surface area (Å²) in [6.45, 7) is 0.292. The lowest BCUT2D eigenvalue weighted by Crippen LogP contribution is -2.52. The van der Waals surface area contributed by atoms with Gasteiger partial charge in [-0.25, -0.2) is 8.78 Å². The summed E-state index contributed by atoms with van der Waals surface area (Å²) in [6, 6.07) is 8.14. The van der Waals surface area contributed by atoms with Crippen molar-refractivity contribution in [2.75, 3.05) is 26.9 Å². The van der Waals surface area contributed by atoms with Gasteiger partial charge in [-0.1, -0.05) is 6.07 Å². The molecule has 3 rings (SSSR count). The fourth-order valence-corrected chi connectivity index (χ4v) is 2.90. The quantitative estimate of drug-likeness (QED) is 0.857. The maximum Gasteiger partial charge on any atom is 0.254 e. The second-order valence-electron chi connectivity index (χ2n) is 6.24. The minimum Gasteiger partial charge on any atom is -0.497 e. The first kappa shape index (κ1) is 18.3. The summed E-state index contributed by atoms with van der Waals surface area (Å²) in [4.78, 5) is 12.4. The van der Waals surface area contributed by atoms with Gasteiger partial charge in [0, 0.05) is 18.2 Å². The average Bonchev–Trinajstić information content (AvgIpc) is 3.10. The third-order valence-corrected chi connectivity index (χ3v) is 4.49. The maximum atomic E-state index is 14.5. The molecule has 1 aliphatic rings. The Kier molecular flexibility index (Phi) is 5.20. The van der Waals surface area contributed by atoms with Crippen LogP contribution in [-0.2, 0) is 4.74 Å². The first-order valence-corrected chi connectivity index (χ1v) is 8.12. The summed E-state index contributed by atoms with van der Waals surface area (Å²) >= 11 is 0. The van der Waals surface area contributed by atoms with E-state index in [-0.39, 0.29) is 24.3 Å². The minimum atomic E-state index is -0.899. The first-order valence-electron chi connectivity index (χ1n) is 8.12. The molecule has 0 aliphatic carbocycles. The number of rotatable bonds is 5. The number of carbonyl (C=O) groups is 1. The number of halogens is 2. The van der Waals surface area contributed by atoms with Gasteiger partial charge in [-0.3, -0.25) is 4.79 Å². The average molecular weight is 363 g/mol. The van der Waals surface area contributed by atoms with Crippen LogP contribution in [-0.4, -0.2) is 43.5 Å². The molecule has 0 radical (unpaired) electrons. The van der Waals surface area contributed by atoms with E-state index < -0.39 is 23.1 Å². The molecule has 0 aromatic heterocycles. The highest BCUT2D eigenvalue weighted by Gasteiger charge is 2.36. The Bertz CT molecular complexity index is 819. The lowest BCUT2D eigenvalue weighted by Gasteiger charge is -2.26. The minimum absolute atomic E-state index is 0.173. The lowest BCUT2D eigenvalue weighted by molar-refractivity contribution is 0.0786. The number of hydrogen-bond acceptors (Lipinski definition) is 4. The predicted molar refractivity (Wildman–Crippen MR) is 91.1 cm³/mol. The number of nitrogens with one attached hydrogen (secondary N) is 1. The number of benzene rings is 2. The van der Waals surface area contributed by atoms with Crippen molar-refractivity contribution in [3.63, 3.8) is 0 Å². The van der Waals surface area contributed by atoms with Gasteiger partial charge in [0.15, 0.2) is 0 Å². The highest BCUT2D eigenvalue weighted by Crippen LogP contribution is 2.28. The molecule has 1 unspecified atom stereocenters. The molecular formula is C19H19F2NO4. The molecule has 2 aromatic carbocycles. The SMILES string of the molecule is COc1ccc(-c2ccc(C(=O)NC3(CO)CCOC3)c(F)c2)c(F)c1. The van der Waals surface area contributed by atoms with E-state index in [9.17, 15) is 18.7 Å². The summed E-state index contributed by atoms with van der Waals surface area (Å²) < 4.78 is 38.8. The molecule has 1 saturated heterocycles. The van der Waals surface area contributed by atoms with Crippen LogP contribution in [0.25, 0.3) is 11.1 Å². The number of hydrogen-bond donors (Lipinski definition) is 2. The predicted octanol–water partition coefficient (Wildman–Crippen LogP) is 2.52. The Morgan fingerprint density at radius 3 is 2.65 bits per heavy atom. The molecule has 1 aliphatic heterocycles. The van der Waals surface area contributed by atoms with Crippen molar-refractivity contribution < 1.29 is 28.2 Å². The summed E-state index contributed by atoms with van der Waals surface area (Å²) in [5, 5.41) is 12.1. The van der Waals surface area contributed by atoms with E-state index in [0.717, 1.165) is 6.07 Å². The Morgan fingerprint density at radius 2 is 2.08 bits per heavy atom. The molecule has 2 N–H and O–H groups in total. The van der Waals surface area contributed by atoms with Crippen LogP contribution in [0.3, 0.4) is 0 Å². The van der Waals surface area contributed by atoms with Gasteiger partial charge in [0.05, 0.1) is 31.4 Å². The van der Waals surface area contributed by atoms with Gasteiger partial charge >= 0.3 is 0 Å². The standard InChI is InChI=1S/C19H19F2NO4/c1-25-13-3-5-14(17(21)9-13)12-2-4-15(16(20)8-12)18(24)22-19(10-23)6-7-26-11-19/h2-5,8-9,23H,6-7,10-11H2,1H3,(H,22,24). The van der Waals surface area contributed by atoms with E-state index in [4.69, 9.17) is 9.47 Å². The molecular weight excluding hydrogens is 344 g/mol. The maximum absolute atomic E-state index is 14.5. The largest absolute Gasteiger partial charge is 0.497 e. The van der Waals surface area contributed by atoms with Gasteiger partial charge in [0.2, 0.25) is 0 Å². The molecule has 1 atom stereocenters. The summed E-state index contributed by atoms with van der Waals surface area (Å²) in [5.74, 6) is -1.62. The van der Waals surface area contributed by atoms with E-state index >= 15 is 0 Å². The molecule has 2 aromatic rings. The molecule has 1 heterocycles. The molecule has 138 valence electrons. The van der Waals surface area contributed by atoms with Crippen LogP contribution >= 0.6 is 0 Å². The molecule has 1 amide bonds. The van der Waals surface area contributed by atoms with Gasteiger partial charge < -0.3 is 19.9 Å². The number of methoxy groups -OCH3 is 1. The second kappa shape index (κ2) is 7.39. The number of aliphatic hydroxyl groups is 1. The number of ether oxygens (including phenoxy) is 2. The van der Waals surface area contributed by atoms with Gasteiger partial charge in [-0.2, -0.15) is 0 Å². The zero-order valence-corrected chi connectivity index (χ0v) is 14.2. The van der Waals surface area contributed by atoms with Crippen molar-refractivity contribution >= 4 is 5.91 Å². The Hall–Kier alpha value is -2.51. The summed E-state index contributed by atoms with van der Waals surface area (Å²) in [5.41, 5.74) is -0.569. The first-order chi connectivity index (χ1) is 12.5. The lowest BCUT2D eigenvalue weighted by atomic mass is 9.98. The molecule has 26 heavy (non-hydrogen) atoms. The van der Waals surface area contributed by atoms with Crippen molar-refractivity contribution in [1.29, 1.82) is 0 Å². The Balaban J connectivity index is 1.84. The number of carbonyl (C=O) groups excluding carboxylic acids is 1. The Morgan fingerprint density at radius 1 is 1.27 bits per heavy atom. The monoisotopic (exact) mass is 363 g/mol. The van der Waals surface area contributed by atoms with E-state index in [0.29, 0.717) is 24.3 Å². The highest BCUT2D eigenvalue weighted by atomic mass is 19.1. The number of aliphatic hydroxyl groups excluding tert-OH is 1. The Labute approximate surface area is 149 Å². The van der Waals surface area contributed by atoms with Crippen molar-refractivity contribution in [2.24, 2.45) is 0 Å². The smallest absolute Gasteiger partial charge is 0.254 e. The van der Waals surface area contributed by atoms with E-state index in [1.54, 1.807) is 6.07 Å². The highest BCUT2D eigenvalue weighted by molar-refractivity contribution is 5.95. The topological polar surface area (TPSA) is 67.8 Å². The third kappa shape index (κ3) is 3.54. The third-order valence-electron chi connectivity index (χ3n) is 4.49. The van der Waals surface area contributed by atoms with Crippen LogP contribution in [0, 0.1) is 11.6 Å². The zero-order chi connectivity index (χ0) is 18.7. The summed E-state index contributed by atoms with van der Waals surface area (Å²) in [6.07, 6.45) is 0.450. The van der Waals surface area contributed by atoms with Crippen LogP contribution in [0.2, 0.25) is 0 Å². The van der Waals surface area contributed by atoms with Crippen molar-refractivity contribution in [2.45, 2.75) is 12.0 Å². The zero-order valence-electron chi connectivity index (χ0n) is 14.2. The van der Waals surface area contributed by atoms with Crippen LogP contribution in [0.5, 0.6) is 5.75 Å². The fraction of sp³-hybridized carbons (Fsp3) is 0.316. The van der Waals surface area contributed by atoms with Crippen molar-refractivity contribution in [3.05, 3.63) is 53.6 Å². The van der Waals surface area contributed by atoms with Crippen LogP contribution in [0.15, 0.2) is 36.4 Å². The molecule has 0 spiro atoms. The molecule has 0 bridgehead atoms. The molecule has 0 saturated carbocycles. The second-order valence-corrected chi connectivity index (χ2v) is 6.24. The van der Waals surface area contributed by atoms with E-state index in [1.807, 2.05) is 0 Å². The molecule has 5 nitrogen and oxygen atoms in total. The molecule has 7 heteroatoms. The van der Waals surface area contributed by atoms with Gasteiger partial charge in [0.25, 0.3) is 5.91 Å². The molecule has 1 fully saturated rings. The van der Waals surface area contributed by atoms with Gasteiger partial charge in [-0.05, 0) is 36.2 Å². The number of amides is 1. The normalized spacial score (nSPS) is 19.4. The van der Waals surface area contributed by atoms with E-state index in [1.165, 1.54) is 31.4 Å². The van der Waals surface area contributed by atoms with E-state index in [2.05, 4.69) is 5.32 Å². The fourth-order valence-electron chi connectivity index (χ4n) is 2.90. The van der Waals surface area contributed by atoms with Crippen LogP contribution in [0.4, 0.5) is 8.78 Å².